The van der Waals surface area contributed by atoms with Crippen LogP contribution in [0.2, 0.25) is 0 Å². The topological polar surface area (TPSA) is 49.4 Å². The van der Waals surface area contributed by atoms with Gasteiger partial charge in [0.25, 0.3) is 0 Å². The van der Waals surface area contributed by atoms with Gasteiger partial charge < -0.3 is 5.32 Å². The second-order valence-electron chi connectivity index (χ2n) is 5.80. The molecular formula is C11H24N2O2S. The van der Waals surface area contributed by atoms with Crippen LogP contribution in [0.15, 0.2) is 0 Å². The molecule has 1 saturated heterocycles. The molecule has 1 fully saturated rings. The smallest absolute Gasteiger partial charge is 0.148 e. The highest BCUT2D eigenvalue weighted by molar-refractivity contribution is 7.90. The molecule has 0 amide bonds. The zero-order valence-corrected chi connectivity index (χ0v) is 11.6. The van der Waals surface area contributed by atoms with Gasteiger partial charge in [-0.25, -0.2) is 8.42 Å². The SMILES string of the molecule is CC(C)(C)C1CN(CCS(C)(=O)=O)CCN1. The van der Waals surface area contributed by atoms with E-state index in [2.05, 4.69) is 31.0 Å². The van der Waals surface area contributed by atoms with Crippen molar-refractivity contribution < 1.29 is 8.42 Å². The van der Waals surface area contributed by atoms with Crippen molar-refractivity contribution in [3.63, 3.8) is 0 Å². The Hall–Kier alpha value is -0.130. The number of piperazine rings is 1. The molecule has 1 rings (SSSR count). The highest BCUT2D eigenvalue weighted by Gasteiger charge is 2.29. The van der Waals surface area contributed by atoms with Crippen LogP contribution in [0.25, 0.3) is 0 Å². The van der Waals surface area contributed by atoms with Crippen molar-refractivity contribution in [3.8, 4) is 0 Å². The summed E-state index contributed by atoms with van der Waals surface area (Å²) in [6, 6.07) is 0.445. The maximum absolute atomic E-state index is 11.1. The molecule has 0 aliphatic carbocycles. The van der Waals surface area contributed by atoms with E-state index in [0.717, 1.165) is 19.6 Å². The van der Waals surface area contributed by atoms with Crippen LogP contribution < -0.4 is 5.32 Å². The summed E-state index contributed by atoms with van der Waals surface area (Å²) in [5, 5.41) is 3.50. The van der Waals surface area contributed by atoms with Crippen LogP contribution in [-0.4, -0.2) is 57.5 Å². The van der Waals surface area contributed by atoms with Gasteiger partial charge in [0.1, 0.15) is 9.84 Å². The summed E-state index contributed by atoms with van der Waals surface area (Å²) in [6.45, 7) is 10.1. The highest BCUT2D eigenvalue weighted by atomic mass is 32.2. The second kappa shape index (κ2) is 5.02. The Morgan fingerprint density at radius 2 is 2.00 bits per heavy atom. The average Bonchev–Trinajstić information content (AvgIpc) is 2.13. The minimum absolute atomic E-state index is 0.226. The van der Waals surface area contributed by atoms with E-state index in [1.54, 1.807) is 0 Å². The van der Waals surface area contributed by atoms with Crippen molar-refractivity contribution in [1.82, 2.24) is 10.2 Å². The molecule has 0 saturated carbocycles. The van der Waals surface area contributed by atoms with Crippen LogP contribution in [-0.2, 0) is 9.84 Å². The molecule has 1 aliphatic heterocycles. The highest BCUT2D eigenvalue weighted by Crippen LogP contribution is 2.21. The van der Waals surface area contributed by atoms with Crippen molar-refractivity contribution in [2.45, 2.75) is 26.8 Å². The zero-order valence-electron chi connectivity index (χ0n) is 10.8. The van der Waals surface area contributed by atoms with E-state index in [4.69, 9.17) is 0 Å². The maximum Gasteiger partial charge on any atom is 0.148 e. The Morgan fingerprint density at radius 1 is 1.38 bits per heavy atom. The molecule has 5 heteroatoms. The summed E-state index contributed by atoms with van der Waals surface area (Å²) in [6.07, 6.45) is 1.30. The Bertz CT molecular complexity index is 319. The summed E-state index contributed by atoms with van der Waals surface area (Å²) >= 11 is 0. The molecule has 0 aromatic heterocycles. The monoisotopic (exact) mass is 248 g/mol. The van der Waals surface area contributed by atoms with E-state index >= 15 is 0 Å². The van der Waals surface area contributed by atoms with Crippen molar-refractivity contribution >= 4 is 9.84 Å². The van der Waals surface area contributed by atoms with Crippen LogP contribution in [0, 0.1) is 5.41 Å². The minimum atomic E-state index is -2.84. The van der Waals surface area contributed by atoms with E-state index in [1.807, 2.05) is 0 Å². The predicted molar refractivity (Wildman–Crippen MR) is 67.4 cm³/mol. The number of rotatable bonds is 3. The lowest BCUT2D eigenvalue weighted by molar-refractivity contribution is 0.140. The first-order chi connectivity index (χ1) is 7.18. The summed E-state index contributed by atoms with van der Waals surface area (Å²) in [7, 11) is -2.84. The van der Waals surface area contributed by atoms with Gasteiger partial charge in [-0.2, -0.15) is 0 Å². The molecule has 0 bridgehead atoms. The van der Waals surface area contributed by atoms with Crippen LogP contribution in [0.3, 0.4) is 0 Å². The van der Waals surface area contributed by atoms with Gasteiger partial charge in [0.2, 0.25) is 0 Å². The molecule has 1 aliphatic rings. The van der Waals surface area contributed by atoms with E-state index in [0.29, 0.717) is 12.6 Å². The number of hydrogen-bond acceptors (Lipinski definition) is 4. The molecule has 1 heterocycles. The Balaban J connectivity index is 2.45. The van der Waals surface area contributed by atoms with Crippen LogP contribution in [0.1, 0.15) is 20.8 Å². The molecule has 1 unspecified atom stereocenters. The molecule has 4 nitrogen and oxygen atoms in total. The number of nitrogens with one attached hydrogen (secondary N) is 1. The van der Waals surface area contributed by atoms with Crippen molar-refractivity contribution in [2.75, 3.05) is 38.2 Å². The zero-order chi connectivity index (χ0) is 12.4. The van der Waals surface area contributed by atoms with Gasteiger partial charge in [0.05, 0.1) is 5.75 Å². The summed E-state index contributed by atoms with van der Waals surface area (Å²) in [5.41, 5.74) is 0.226. The third kappa shape index (κ3) is 4.80. The van der Waals surface area contributed by atoms with Gasteiger partial charge in [0.15, 0.2) is 0 Å². The first-order valence-corrected chi connectivity index (χ1v) is 7.88. The quantitative estimate of drug-likeness (QED) is 0.783. The fourth-order valence-corrected chi connectivity index (χ4v) is 2.48. The molecule has 1 N–H and O–H groups in total. The van der Waals surface area contributed by atoms with E-state index in [9.17, 15) is 8.42 Å². The number of hydrogen-bond donors (Lipinski definition) is 1. The van der Waals surface area contributed by atoms with Gasteiger partial charge in [-0.15, -0.1) is 0 Å². The molecule has 0 aromatic carbocycles. The average molecular weight is 248 g/mol. The molecule has 0 spiro atoms. The molecule has 1 atom stereocenters. The minimum Gasteiger partial charge on any atom is -0.311 e. The van der Waals surface area contributed by atoms with Crippen molar-refractivity contribution in [2.24, 2.45) is 5.41 Å². The summed E-state index contributed by atoms with van der Waals surface area (Å²) in [4.78, 5) is 2.24. The van der Waals surface area contributed by atoms with Gasteiger partial charge in [0, 0.05) is 38.5 Å². The summed E-state index contributed by atoms with van der Waals surface area (Å²) < 4.78 is 22.2. The largest absolute Gasteiger partial charge is 0.311 e. The lowest BCUT2D eigenvalue weighted by Gasteiger charge is -2.40. The fraction of sp³-hybridized carbons (Fsp3) is 1.00. The Kier molecular flexibility index (Phi) is 4.37. The first-order valence-electron chi connectivity index (χ1n) is 5.82. The lowest BCUT2D eigenvalue weighted by Crippen LogP contribution is -2.56. The number of nitrogens with zero attached hydrogens (tertiary/aromatic N) is 1. The van der Waals surface area contributed by atoms with Gasteiger partial charge in [-0.1, -0.05) is 20.8 Å². The van der Waals surface area contributed by atoms with Gasteiger partial charge in [-0.3, -0.25) is 4.90 Å². The van der Waals surface area contributed by atoms with E-state index < -0.39 is 9.84 Å². The molecule has 0 radical (unpaired) electrons. The van der Waals surface area contributed by atoms with Crippen molar-refractivity contribution in [3.05, 3.63) is 0 Å². The lowest BCUT2D eigenvalue weighted by atomic mass is 9.85. The van der Waals surface area contributed by atoms with Gasteiger partial charge in [-0.05, 0) is 5.41 Å². The third-order valence-corrected chi connectivity index (χ3v) is 4.01. The van der Waals surface area contributed by atoms with Crippen LogP contribution in [0.4, 0.5) is 0 Å². The molecule has 96 valence electrons. The summed E-state index contributed by atoms with van der Waals surface area (Å²) in [5.74, 6) is 0.268. The second-order valence-corrected chi connectivity index (χ2v) is 8.06. The van der Waals surface area contributed by atoms with Gasteiger partial charge >= 0.3 is 0 Å². The Labute approximate surface area is 99.3 Å². The first kappa shape index (κ1) is 13.9. The standard InChI is InChI=1S/C11H24N2O2S/c1-11(2,3)10-9-13(6-5-12-10)7-8-16(4,14)15/h10,12H,5-9H2,1-4H3. The Morgan fingerprint density at radius 3 is 2.50 bits per heavy atom. The molecular weight excluding hydrogens is 224 g/mol. The van der Waals surface area contributed by atoms with Crippen LogP contribution >= 0.6 is 0 Å². The molecule has 0 aromatic rings. The molecule has 16 heavy (non-hydrogen) atoms. The third-order valence-electron chi connectivity index (χ3n) is 3.08. The maximum atomic E-state index is 11.1. The van der Waals surface area contributed by atoms with E-state index in [-0.39, 0.29) is 11.2 Å². The van der Waals surface area contributed by atoms with Crippen LogP contribution in [0.5, 0.6) is 0 Å². The number of sulfone groups is 1. The predicted octanol–water partition coefficient (Wildman–Crippen LogP) is 0.351. The fourth-order valence-electron chi connectivity index (χ4n) is 1.89. The van der Waals surface area contributed by atoms with Crippen molar-refractivity contribution in [1.29, 1.82) is 0 Å². The normalized spacial score (nSPS) is 24.6. The van der Waals surface area contributed by atoms with E-state index in [1.165, 1.54) is 6.26 Å².